The minimum Gasteiger partial charge on any atom is -0.393 e. The van der Waals surface area contributed by atoms with Crippen molar-refractivity contribution in [2.24, 2.45) is 0 Å². The lowest BCUT2D eigenvalue weighted by molar-refractivity contribution is 0.126. The molecule has 1 aromatic heterocycles. The number of nitrogens with zero attached hydrogens (tertiary/aromatic N) is 2. The van der Waals surface area contributed by atoms with Crippen LogP contribution in [0.5, 0.6) is 0 Å². The number of anilines is 2. The van der Waals surface area contributed by atoms with Crippen molar-refractivity contribution < 1.29 is 13.5 Å². The van der Waals surface area contributed by atoms with E-state index >= 15 is 0 Å². The number of sulfone groups is 1. The molecule has 0 bridgehead atoms. The van der Waals surface area contributed by atoms with Gasteiger partial charge in [0.25, 0.3) is 0 Å². The second-order valence-corrected chi connectivity index (χ2v) is 9.90. The van der Waals surface area contributed by atoms with Gasteiger partial charge in [0.15, 0.2) is 5.03 Å². The Hall–Kier alpha value is -2.27. The highest BCUT2D eigenvalue weighted by Gasteiger charge is 2.26. The highest BCUT2D eigenvalue weighted by Crippen LogP contribution is 2.25. The first-order valence-electron chi connectivity index (χ1n) is 10.3. The Labute approximate surface area is 176 Å². The summed E-state index contributed by atoms with van der Waals surface area (Å²) in [4.78, 5) is 9.04. The predicted molar refractivity (Wildman–Crippen MR) is 114 cm³/mol. The third kappa shape index (κ3) is 4.89. The largest absolute Gasteiger partial charge is 0.393 e. The Kier molecular flexibility index (Phi) is 6.19. The van der Waals surface area contributed by atoms with E-state index in [1.807, 2.05) is 0 Å². The average molecular weight is 433 g/mol. The molecular weight excluding hydrogens is 404 g/mol. The molecule has 2 fully saturated rings. The van der Waals surface area contributed by atoms with Crippen LogP contribution in [0.15, 0.2) is 46.3 Å². The van der Waals surface area contributed by atoms with Crippen LogP contribution in [0.1, 0.15) is 39.0 Å². The standard InChI is InChI=1S/C20H28N6O3S/c1-13-11-18(26-25-13)22-17-12-19(30(28,29)16-5-3-2-4-6-16)24-20(23-17)21-14-7-9-15(27)10-8-14/h2-6,12-15,18,25-27H,7-11H2,1H3,(H2,21,22,23,24). The maximum Gasteiger partial charge on any atom is 0.226 e. The summed E-state index contributed by atoms with van der Waals surface area (Å²) < 4.78 is 26.3. The third-order valence-corrected chi connectivity index (χ3v) is 7.13. The van der Waals surface area contributed by atoms with Crippen molar-refractivity contribution in [3.63, 3.8) is 0 Å². The molecule has 30 heavy (non-hydrogen) atoms. The molecule has 0 radical (unpaired) electrons. The summed E-state index contributed by atoms with van der Waals surface area (Å²) >= 11 is 0. The Balaban J connectivity index is 1.63. The van der Waals surface area contributed by atoms with Gasteiger partial charge in [-0.25, -0.2) is 18.8 Å². The topological polar surface area (TPSA) is 128 Å². The van der Waals surface area contributed by atoms with E-state index in [-0.39, 0.29) is 34.2 Å². The number of aliphatic hydroxyl groups excluding tert-OH is 1. The van der Waals surface area contributed by atoms with E-state index in [1.54, 1.807) is 30.3 Å². The number of benzene rings is 1. The molecule has 2 aromatic rings. The molecule has 0 spiro atoms. The normalized spacial score (nSPS) is 27.0. The van der Waals surface area contributed by atoms with Crippen LogP contribution in [-0.2, 0) is 9.84 Å². The van der Waals surface area contributed by atoms with Gasteiger partial charge in [0.05, 0.1) is 17.2 Å². The summed E-state index contributed by atoms with van der Waals surface area (Å²) in [5, 5.41) is 16.2. The van der Waals surface area contributed by atoms with Gasteiger partial charge >= 0.3 is 0 Å². The van der Waals surface area contributed by atoms with Crippen LogP contribution >= 0.6 is 0 Å². The van der Waals surface area contributed by atoms with Gasteiger partial charge in [0.2, 0.25) is 15.8 Å². The van der Waals surface area contributed by atoms with Gasteiger partial charge in [-0.1, -0.05) is 18.2 Å². The molecule has 4 rings (SSSR count). The zero-order valence-electron chi connectivity index (χ0n) is 16.9. The summed E-state index contributed by atoms with van der Waals surface area (Å²) in [6.45, 7) is 2.06. The molecule has 162 valence electrons. The van der Waals surface area contributed by atoms with Crippen molar-refractivity contribution in [2.75, 3.05) is 10.6 Å². The molecule has 1 saturated carbocycles. The molecule has 9 nitrogen and oxygen atoms in total. The Morgan fingerprint density at radius 2 is 1.77 bits per heavy atom. The van der Waals surface area contributed by atoms with Crippen LogP contribution in [0.25, 0.3) is 0 Å². The van der Waals surface area contributed by atoms with Crippen LogP contribution in [0, 0.1) is 0 Å². The van der Waals surface area contributed by atoms with Crippen molar-refractivity contribution in [2.45, 2.75) is 73.3 Å². The lowest BCUT2D eigenvalue weighted by Gasteiger charge is -2.26. The van der Waals surface area contributed by atoms with Gasteiger partial charge in [-0.2, -0.15) is 4.98 Å². The van der Waals surface area contributed by atoms with Crippen LogP contribution in [0.4, 0.5) is 11.8 Å². The second kappa shape index (κ2) is 8.84. The van der Waals surface area contributed by atoms with E-state index in [0.717, 1.165) is 19.3 Å². The summed E-state index contributed by atoms with van der Waals surface area (Å²) in [7, 11) is -3.79. The minimum absolute atomic E-state index is 0.0523. The third-order valence-electron chi connectivity index (χ3n) is 5.48. The van der Waals surface area contributed by atoms with E-state index in [4.69, 9.17) is 0 Å². The predicted octanol–water partition coefficient (Wildman–Crippen LogP) is 1.65. The Bertz CT molecular complexity index is 964. The van der Waals surface area contributed by atoms with E-state index in [2.05, 4.69) is 38.4 Å². The zero-order chi connectivity index (χ0) is 21.1. The number of aromatic nitrogens is 2. The van der Waals surface area contributed by atoms with E-state index in [1.165, 1.54) is 6.07 Å². The number of aliphatic hydroxyl groups is 1. The highest BCUT2D eigenvalue weighted by molar-refractivity contribution is 7.91. The first-order valence-corrected chi connectivity index (χ1v) is 11.8. The van der Waals surface area contributed by atoms with Gasteiger partial charge in [-0.15, -0.1) is 0 Å². The first-order chi connectivity index (χ1) is 14.4. The van der Waals surface area contributed by atoms with Gasteiger partial charge < -0.3 is 15.7 Å². The van der Waals surface area contributed by atoms with Crippen molar-refractivity contribution in [1.82, 2.24) is 20.8 Å². The van der Waals surface area contributed by atoms with Gasteiger partial charge in [-0.3, -0.25) is 5.43 Å². The smallest absolute Gasteiger partial charge is 0.226 e. The van der Waals surface area contributed by atoms with Crippen molar-refractivity contribution in [1.29, 1.82) is 0 Å². The Morgan fingerprint density at radius 3 is 2.43 bits per heavy atom. The quantitative estimate of drug-likeness (QED) is 0.433. The van der Waals surface area contributed by atoms with Gasteiger partial charge in [0.1, 0.15) is 5.82 Å². The van der Waals surface area contributed by atoms with Crippen LogP contribution in [-0.4, -0.2) is 47.8 Å². The zero-order valence-corrected chi connectivity index (χ0v) is 17.7. The van der Waals surface area contributed by atoms with E-state index < -0.39 is 9.84 Å². The minimum atomic E-state index is -3.79. The maximum absolute atomic E-state index is 13.2. The van der Waals surface area contributed by atoms with Crippen molar-refractivity contribution in [3.05, 3.63) is 36.4 Å². The molecule has 1 aliphatic heterocycles. The second-order valence-electron chi connectivity index (χ2n) is 8.00. The molecule has 2 unspecified atom stereocenters. The summed E-state index contributed by atoms with van der Waals surface area (Å²) in [5.74, 6) is 0.709. The number of hydrogen-bond acceptors (Lipinski definition) is 9. The SMILES string of the molecule is CC1CC(Nc2cc(S(=O)(=O)c3ccccc3)nc(NC3CCC(O)CC3)n2)NN1. The number of hydrazine groups is 1. The summed E-state index contributed by atoms with van der Waals surface area (Å²) in [5.41, 5.74) is 6.26. The lowest BCUT2D eigenvalue weighted by atomic mass is 9.93. The van der Waals surface area contributed by atoms with Crippen LogP contribution < -0.4 is 21.5 Å². The molecule has 0 amide bonds. The van der Waals surface area contributed by atoms with E-state index in [0.29, 0.717) is 24.7 Å². The van der Waals surface area contributed by atoms with Crippen LogP contribution in [0.2, 0.25) is 0 Å². The van der Waals surface area contributed by atoms with Crippen LogP contribution in [0.3, 0.4) is 0 Å². The molecule has 2 aliphatic rings. The fraction of sp³-hybridized carbons (Fsp3) is 0.500. The van der Waals surface area contributed by atoms with Gasteiger partial charge in [-0.05, 0) is 51.2 Å². The highest BCUT2D eigenvalue weighted by atomic mass is 32.2. The Morgan fingerprint density at radius 1 is 1.03 bits per heavy atom. The molecular formula is C20H28N6O3S. The monoisotopic (exact) mass is 432 g/mol. The van der Waals surface area contributed by atoms with Crippen molar-refractivity contribution >= 4 is 21.6 Å². The molecule has 2 heterocycles. The van der Waals surface area contributed by atoms with Crippen molar-refractivity contribution in [3.8, 4) is 0 Å². The summed E-state index contributed by atoms with van der Waals surface area (Å²) in [6, 6.07) is 10.1. The average Bonchev–Trinajstić information content (AvgIpc) is 3.15. The number of rotatable bonds is 6. The van der Waals surface area contributed by atoms with E-state index in [9.17, 15) is 13.5 Å². The fourth-order valence-corrected chi connectivity index (χ4v) is 5.04. The molecule has 1 aromatic carbocycles. The summed E-state index contributed by atoms with van der Waals surface area (Å²) in [6.07, 6.45) is 3.48. The first kappa shape index (κ1) is 21.0. The molecule has 10 heteroatoms. The fourth-order valence-electron chi connectivity index (χ4n) is 3.81. The van der Waals surface area contributed by atoms with Gasteiger partial charge in [0, 0.05) is 18.2 Å². The maximum atomic E-state index is 13.2. The molecule has 5 N–H and O–H groups in total. The molecule has 1 aliphatic carbocycles. The number of hydrogen-bond donors (Lipinski definition) is 5. The number of nitrogens with one attached hydrogen (secondary N) is 4. The molecule has 2 atom stereocenters. The lowest BCUT2D eigenvalue weighted by Crippen LogP contribution is -2.37. The molecule has 1 saturated heterocycles.